The van der Waals surface area contributed by atoms with E-state index in [2.05, 4.69) is 15.3 Å². The monoisotopic (exact) mass is 689 g/mol. The summed E-state index contributed by atoms with van der Waals surface area (Å²) in [6, 6.07) is 4.21. The Morgan fingerprint density at radius 1 is 1.18 bits per heavy atom. The fourth-order valence-electron chi connectivity index (χ4n) is 5.54. The van der Waals surface area contributed by atoms with Crippen LogP contribution in [-0.2, 0) is 21.1 Å². The normalized spacial score (nSPS) is 21.8. The molecule has 2 aromatic heterocycles. The molecule has 196 valence electrons. The number of halogens is 2. The number of aromatic nitrogens is 2. The second kappa shape index (κ2) is 9.63. The summed E-state index contributed by atoms with van der Waals surface area (Å²) in [5.74, 6) is -2.48. The molecule has 0 saturated carbocycles. The maximum atomic E-state index is 15.6. The van der Waals surface area contributed by atoms with Crippen molar-refractivity contribution >= 4 is 23.4 Å². The maximum absolute atomic E-state index is 15.6. The first-order chi connectivity index (χ1) is 17.7. The van der Waals surface area contributed by atoms with Crippen LogP contribution in [0, 0.1) is 30.9 Å². The van der Waals surface area contributed by atoms with Gasteiger partial charge in [0.05, 0.1) is 29.1 Å². The van der Waals surface area contributed by atoms with Crippen molar-refractivity contribution in [3.63, 3.8) is 0 Å². The van der Waals surface area contributed by atoms with Crippen molar-refractivity contribution in [3.05, 3.63) is 71.5 Å². The fraction of sp³-hybridized carbons (Fsp3) is 0.269. The van der Waals surface area contributed by atoms with E-state index in [0.29, 0.717) is 30.0 Å². The molecule has 5 bridgehead atoms. The number of piperidine rings is 1. The smallest absolute Gasteiger partial charge is 0.403 e. The molecule has 0 radical (unpaired) electrons. The molecule has 0 aliphatic carbocycles. The quantitative estimate of drug-likeness (QED) is 0.349. The molecule has 9 nitrogen and oxygen atoms in total. The molecule has 3 N–H and O–H groups in total. The Hall–Kier alpha value is -3.56. The van der Waals surface area contributed by atoms with E-state index in [0.717, 1.165) is 6.07 Å². The minimum atomic E-state index is -0.823. The molecule has 1 aromatic carbocycles. The minimum absolute atomic E-state index is 0. The number of carbonyl (C=O) groups is 2. The van der Waals surface area contributed by atoms with E-state index in [1.54, 1.807) is 32.7 Å². The number of likely N-dealkylation sites (N-methyl/N-ethyl adjacent to an activating group) is 1. The SMILES string of the molecule is Cc1cc(F)c2c3c1OC(=O)N(C)C1C(N)CN(CC1[CH-]3)c1ccncc1NC(=O)c1ccc(F)c-2n1.[W]. The van der Waals surface area contributed by atoms with Crippen LogP contribution in [0.1, 0.15) is 21.6 Å². The van der Waals surface area contributed by atoms with Gasteiger partial charge in [-0.1, -0.05) is 11.1 Å². The number of amides is 2. The summed E-state index contributed by atoms with van der Waals surface area (Å²) in [5, 5.41) is 2.80. The summed E-state index contributed by atoms with van der Waals surface area (Å²) in [6.45, 7) is 2.35. The number of hydrogen-bond donors (Lipinski definition) is 2. The van der Waals surface area contributed by atoms with Crippen molar-refractivity contribution in [1.29, 1.82) is 0 Å². The zero-order valence-electron chi connectivity index (χ0n) is 20.4. The van der Waals surface area contributed by atoms with Gasteiger partial charge in [0.2, 0.25) is 0 Å². The van der Waals surface area contributed by atoms with Crippen LogP contribution in [0.2, 0.25) is 0 Å². The molecule has 38 heavy (non-hydrogen) atoms. The summed E-state index contributed by atoms with van der Waals surface area (Å²) in [7, 11) is 1.62. The number of pyridine rings is 2. The Morgan fingerprint density at radius 2 is 1.97 bits per heavy atom. The van der Waals surface area contributed by atoms with Crippen LogP contribution >= 0.6 is 0 Å². The van der Waals surface area contributed by atoms with E-state index < -0.39 is 41.6 Å². The second-order valence-electron chi connectivity index (χ2n) is 9.54. The summed E-state index contributed by atoms with van der Waals surface area (Å²) < 4.78 is 36.5. The number of aryl methyl sites for hydroxylation is 1. The zero-order valence-corrected chi connectivity index (χ0v) is 23.4. The number of hydrogen-bond acceptors (Lipinski definition) is 7. The molecule has 12 heteroatoms. The summed E-state index contributed by atoms with van der Waals surface area (Å²) in [4.78, 5) is 38.1. The number of ether oxygens (including phenoxy) is 1. The summed E-state index contributed by atoms with van der Waals surface area (Å²) >= 11 is 0. The van der Waals surface area contributed by atoms with Gasteiger partial charge < -0.3 is 25.6 Å². The van der Waals surface area contributed by atoms with Crippen LogP contribution in [-0.4, -0.2) is 59.1 Å². The van der Waals surface area contributed by atoms with Crippen molar-refractivity contribution in [2.24, 2.45) is 11.7 Å². The van der Waals surface area contributed by atoms with E-state index in [-0.39, 0.29) is 49.3 Å². The Bertz CT molecular complexity index is 1470. The number of carbonyl (C=O) groups excluding carboxylic acids is 2. The third-order valence-corrected chi connectivity index (χ3v) is 7.20. The van der Waals surface area contributed by atoms with Gasteiger partial charge in [0.1, 0.15) is 11.5 Å². The standard InChI is InChI=1S/C26H23F2N6O3.W/c1-12-7-16(28)21-14-8-13-10-34(11-17(29)23(13)33(2)26(36)37-24(12)14)20-5-6-30-9-19(20)32-25(35)18-4-3-15(27)22(21)31-18;/h3-9,13,17,23H,10-11,29H2,1-2H3,(H,32,35);/q-1;. The third kappa shape index (κ3) is 4.10. The molecule has 5 heterocycles. The largest absolute Gasteiger partial charge is 0.473 e. The number of nitrogens with zero attached hydrogens (tertiary/aromatic N) is 4. The average Bonchev–Trinajstić information content (AvgIpc) is 2.86. The van der Waals surface area contributed by atoms with Gasteiger partial charge in [-0.05, 0) is 37.1 Å². The molecule has 1 fully saturated rings. The first kappa shape index (κ1) is 26.1. The molecule has 0 spiro atoms. The average molecular weight is 689 g/mol. The van der Waals surface area contributed by atoms with Crippen molar-refractivity contribution < 1.29 is 44.2 Å². The van der Waals surface area contributed by atoms with E-state index in [4.69, 9.17) is 10.5 Å². The van der Waals surface area contributed by atoms with E-state index in [9.17, 15) is 9.59 Å². The molecule has 3 aliphatic heterocycles. The van der Waals surface area contributed by atoms with Crippen molar-refractivity contribution in [1.82, 2.24) is 14.9 Å². The molecule has 3 unspecified atom stereocenters. The van der Waals surface area contributed by atoms with Crippen LogP contribution in [0.5, 0.6) is 5.75 Å². The van der Waals surface area contributed by atoms with E-state index in [1.165, 1.54) is 23.2 Å². The van der Waals surface area contributed by atoms with Crippen molar-refractivity contribution in [3.8, 4) is 17.0 Å². The zero-order chi connectivity index (χ0) is 26.0. The van der Waals surface area contributed by atoms with Gasteiger partial charge >= 0.3 is 6.09 Å². The van der Waals surface area contributed by atoms with Crippen LogP contribution in [0.25, 0.3) is 11.3 Å². The van der Waals surface area contributed by atoms with E-state index in [1.807, 2.05) is 4.90 Å². The first-order valence-corrected chi connectivity index (χ1v) is 11.8. The van der Waals surface area contributed by atoms with Crippen LogP contribution < -0.4 is 20.7 Å². The number of nitrogens with one attached hydrogen (secondary N) is 1. The Morgan fingerprint density at radius 3 is 2.76 bits per heavy atom. The maximum Gasteiger partial charge on any atom is 0.403 e. The van der Waals surface area contributed by atoms with Gasteiger partial charge in [-0.15, -0.1) is 5.56 Å². The molecule has 1 saturated heterocycles. The third-order valence-electron chi connectivity index (χ3n) is 7.20. The summed E-state index contributed by atoms with van der Waals surface area (Å²) in [6.07, 6.45) is 4.24. The molecule has 6 rings (SSSR count). The Kier molecular flexibility index (Phi) is 6.61. The van der Waals surface area contributed by atoms with Gasteiger partial charge in [-0.2, -0.15) is 6.42 Å². The van der Waals surface area contributed by atoms with Gasteiger partial charge in [0.25, 0.3) is 5.91 Å². The van der Waals surface area contributed by atoms with Gasteiger partial charge in [-0.3, -0.25) is 14.8 Å². The minimum Gasteiger partial charge on any atom is -0.473 e. The number of rotatable bonds is 0. The molecule has 3 aromatic rings. The summed E-state index contributed by atoms with van der Waals surface area (Å²) in [5.41, 5.74) is 7.61. The van der Waals surface area contributed by atoms with Crippen LogP contribution in [0.3, 0.4) is 0 Å². The van der Waals surface area contributed by atoms with Crippen molar-refractivity contribution in [2.75, 3.05) is 30.4 Å². The predicted octanol–water partition coefficient (Wildman–Crippen LogP) is 3.12. The number of benzene rings is 1. The molecule has 2 amide bonds. The topological polar surface area (TPSA) is 114 Å². The van der Waals surface area contributed by atoms with Gasteiger partial charge in [-0.25, -0.2) is 13.6 Å². The Balaban J connectivity index is 0.00000294. The molecule has 3 aliphatic rings. The molecule has 3 atom stereocenters. The number of anilines is 2. The first-order valence-electron chi connectivity index (χ1n) is 11.8. The van der Waals surface area contributed by atoms with Gasteiger partial charge in [0.15, 0.2) is 0 Å². The Labute approximate surface area is 231 Å². The molecular weight excluding hydrogens is 666 g/mol. The number of nitrogens with two attached hydrogens (primary N) is 1. The molecular formula is C26H23F2N6O3W-. The number of fused-ring (bicyclic) bond motifs is 6. The van der Waals surface area contributed by atoms with E-state index >= 15 is 8.78 Å². The van der Waals surface area contributed by atoms with Crippen LogP contribution in [0.15, 0.2) is 36.7 Å². The predicted molar refractivity (Wildman–Crippen MR) is 131 cm³/mol. The van der Waals surface area contributed by atoms with Gasteiger partial charge in [0, 0.05) is 65.2 Å². The van der Waals surface area contributed by atoms with Crippen molar-refractivity contribution in [2.45, 2.75) is 19.0 Å². The fourth-order valence-corrected chi connectivity index (χ4v) is 5.54. The van der Waals surface area contributed by atoms with Crippen LogP contribution in [0.4, 0.5) is 25.0 Å². The second-order valence-corrected chi connectivity index (χ2v) is 9.54.